The van der Waals surface area contributed by atoms with Gasteiger partial charge in [0, 0.05) is 12.2 Å². The number of nitrogens with zero attached hydrogens (tertiary/aromatic N) is 3. The van der Waals surface area contributed by atoms with E-state index in [0.717, 1.165) is 12.8 Å². The number of nitrogens with one attached hydrogen (secondary N) is 1. The van der Waals surface area contributed by atoms with Crippen LogP contribution >= 0.6 is 0 Å². The first-order chi connectivity index (χ1) is 10.3. The van der Waals surface area contributed by atoms with Crippen molar-refractivity contribution in [1.29, 1.82) is 0 Å². The maximum Gasteiger partial charge on any atom is 0.248 e. The van der Waals surface area contributed by atoms with E-state index in [1.54, 1.807) is 18.5 Å². The number of aromatic nitrogens is 3. The molecule has 0 saturated heterocycles. The second-order valence-electron chi connectivity index (χ2n) is 5.21. The lowest BCUT2D eigenvalue weighted by atomic mass is 9.95. The van der Waals surface area contributed by atoms with Crippen molar-refractivity contribution in [3.05, 3.63) is 30.9 Å². The first-order valence-corrected chi connectivity index (χ1v) is 7.28. The van der Waals surface area contributed by atoms with Crippen molar-refractivity contribution >= 4 is 11.5 Å². The van der Waals surface area contributed by atoms with Crippen molar-refractivity contribution in [2.75, 3.05) is 11.1 Å². The molecule has 0 aromatic carbocycles. The molecule has 110 valence electrons. The molecule has 1 aliphatic rings. The highest BCUT2D eigenvalue weighted by Crippen LogP contribution is 2.30. The van der Waals surface area contributed by atoms with E-state index in [4.69, 9.17) is 10.5 Å². The molecule has 0 amide bonds. The average molecular weight is 285 g/mol. The van der Waals surface area contributed by atoms with Crippen molar-refractivity contribution in [1.82, 2.24) is 15.0 Å². The minimum Gasteiger partial charge on any atom is -0.435 e. The summed E-state index contributed by atoms with van der Waals surface area (Å²) in [7, 11) is 0. The van der Waals surface area contributed by atoms with Gasteiger partial charge in [0.05, 0.1) is 6.20 Å². The van der Waals surface area contributed by atoms with Gasteiger partial charge in [-0.25, -0.2) is 4.98 Å². The molecule has 21 heavy (non-hydrogen) atoms. The highest BCUT2D eigenvalue weighted by Gasteiger charge is 2.17. The highest BCUT2D eigenvalue weighted by atomic mass is 16.5. The van der Waals surface area contributed by atoms with E-state index in [1.807, 2.05) is 6.07 Å². The third kappa shape index (κ3) is 3.39. The molecule has 0 atom stereocenters. The number of hydrogen-bond acceptors (Lipinski definition) is 6. The minimum absolute atomic E-state index is 0.358. The third-order valence-electron chi connectivity index (χ3n) is 3.64. The van der Waals surface area contributed by atoms with Crippen molar-refractivity contribution in [3.8, 4) is 11.6 Å². The summed E-state index contributed by atoms with van der Waals surface area (Å²) < 4.78 is 5.66. The smallest absolute Gasteiger partial charge is 0.248 e. The van der Waals surface area contributed by atoms with Crippen LogP contribution in [-0.2, 0) is 0 Å². The zero-order valence-electron chi connectivity index (χ0n) is 11.8. The molecule has 0 spiro atoms. The standard InChI is InChI=1S/C15H19N5O/c16-13-14(20-11-5-2-1-3-6-11)18-10-19-15(13)21-12-7-4-8-17-9-12/h4,7-11H,1-3,5-6,16H2,(H,18,19,20). The van der Waals surface area contributed by atoms with Crippen molar-refractivity contribution in [2.45, 2.75) is 38.1 Å². The van der Waals surface area contributed by atoms with Crippen LogP contribution in [0.25, 0.3) is 0 Å². The summed E-state index contributed by atoms with van der Waals surface area (Å²) in [4.78, 5) is 12.3. The number of nitrogen functional groups attached to an aromatic ring is 1. The largest absolute Gasteiger partial charge is 0.435 e. The Labute approximate surface area is 123 Å². The highest BCUT2D eigenvalue weighted by molar-refractivity contribution is 5.67. The molecule has 1 saturated carbocycles. The monoisotopic (exact) mass is 285 g/mol. The maximum absolute atomic E-state index is 6.12. The minimum atomic E-state index is 0.358. The van der Waals surface area contributed by atoms with E-state index in [-0.39, 0.29) is 0 Å². The zero-order valence-corrected chi connectivity index (χ0v) is 11.8. The van der Waals surface area contributed by atoms with Crippen molar-refractivity contribution < 1.29 is 4.74 Å². The molecule has 1 fully saturated rings. The Morgan fingerprint density at radius 1 is 1.19 bits per heavy atom. The zero-order chi connectivity index (χ0) is 14.5. The van der Waals surface area contributed by atoms with Gasteiger partial charge >= 0.3 is 0 Å². The molecule has 0 radical (unpaired) electrons. The molecule has 1 aliphatic carbocycles. The molecule has 3 rings (SSSR count). The van der Waals surface area contributed by atoms with Gasteiger partial charge in [-0.1, -0.05) is 19.3 Å². The summed E-state index contributed by atoms with van der Waals surface area (Å²) in [5.74, 6) is 1.61. The summed E-state index contributed by atoms with van der Waals surface area (Å²) in [5, 5.41) is 3.40. The average Bonchev–Trinajstić information content (AvgIpc) is 2.53. The number of rotatable bonds is 4. The lowest BCUT2D eigenvalue weighted by Gasteiger charge is -2.24. The van der Waals surface area contributed by atoms with Crippen LogP contribution < -0.4 is 15.8 Å². The first kappa shape index (κ1) is 13.6. The van der Waals surface area contributed by atoms with Gasteiger partial charge in [0.1, 0.15) is 17.8 Å². The van der Waals surface area contributed by atoms with E-state index in [1.165, 1.54) is 25.6 Å². The molecule has 2 aromatic heterocycles. The second kappa shape index (κ2) is 6.39. The topological polar surface area (TPSA) is 86.0 Å². The molecular weight excluding hydrogens is 266 g/mol. The van der Waals surface area contributed by atoms with Gasteiger partial charge < -0.3 is 15.8 Å². The Morgan fingerprint density at radius 2 is 2.05 bits per heavy atom. The molecule has 0 unspecified atom stereocenters. The summed E-state index contributed by atoms with van der Waals surface area (Å²) in [6.45, 7) is 0. The van der Waals surface area contributed by atoms with Gasteiger partial charge in [-0.05, 0) is 25.0 Å². The number of pyridine rings is 1. The van der Waals surface area contributed by atoms with Gasteiger partial charge in [0.15, 0.2) is 5.82 Å². The predicted octanol–water partition coefficient (Wildman–Crippen LogP) is 2.99. The van der Waals surface area contributed by atoms with E-state index >= 15 is 0 Å². The summed E-state index contributed by atoms with van der Waals surface area (Å²) in [5.41, 5.74) is 6.55. The fraction of sp³-hybridized carbons (Fsp3) is 0.400. The molecule has 3 N–H and O–H groups in total. The number of anilines is 2. The van der Waals surface area contributed by atoms with E-state index in [0.29, 0.717) is 29.2 Å². The van der Waals surface area contributed by atoms with Crippen LogP contribution in [0.5, 0.6) is 11.6 Å². The van der Waals surface area contributed by atoms with E-state index < -0.39 is 0 Å². The third-order valence-corrected chi connectivity index (χ3v) is 3.64. The molecule has 0 bridgehead atoms. The van der Waals surface area contributed by atoms with Crippen LogP contribution in [0, 0.1) is 0 Å². The van der Waals surface area contributed by atoms with Gasteiger partial charge in [0.25, 0.3) is 0 Å². The number of nitrogens with two attached hydrogens (primary N) is 1. The Hall–Kier alpha value is -2.37. The summed E-state index contributed by atoms with van der Waals surface area (Å²) in [6, 6.07) is 4.04. The van der Waals surface area contributed by atoms with Crippen LogP contribution in [0.15, 0.2) is 30.9 Å². The van der Waals surface area contributed by atoms with Crippen LogP contribution in [0.2, 0.25) is 0 Å². The van der Waals surface area contributed by atoms with Crippen LogP contribution in [0.3, 0.4) is 0 Å². The van der Waals surface area contributed by atoms with Crippen molar-refractivity contribution in [2.24, 2.45) is 0 Å². The van der Waals surface area contributed by atoms with Gasteiger partial charge in [-0.2, -0.15) is 4.98 Å². The Bertz CT molecular complexity index is 584. The lowest BCUT2D eigenvalue weighted by molar-refractivity contribution is 0.456. The molecule has 2 aromatic rings. The molecule has 6 nitrogen and oxygen atoms in total. The number of hydrogen-bond donors (Lipinski definition) is 2. The van der Waals surface area contributed by atoms with Gasteiger partial charge in [0.2, 0.25) is 5.88 Å². The number of ether oxygens (including phenoxy) is 1. The van der Waals surface area contributed by atoms with Crippen LogP contribution in [-0.4, -0.2) is 21.0 Å². The SMILES string of the molecule is Nc1c(NC2CCCCC2)ncnc1Oc1cccnc1. The van der Waals surface area contributed by atoms with Crippen molar-refractivity contribution in [3.63, 3.8) is 0 Å². The van der Waals surface area contributed by atoms with Crippen LogP contribution in [0.1, 0.15) is 32.1 Å². The van der Waals surface area contributed by atoms with E-state index in [9.17, 15) is 0 Å². The Morgan fingerprint density at radius 3 is 2.81 bits per heavy atom. The molecule has 0 aliphatic heterocycles. The summed E-state index contributed by atoms with van der Waals surface area (Å²) >= 11 is 0. The summed E-state index contributed by atoms with van der Waals surface area (Å²) in [6.07, 6.45) is 10.9. The molecule has 2 heterocycles. The fourth-order valence-corrected chi connectivity index (χ4v) is 2.54. The molecule has 6 heteroatoms. The van der Waals surface area contributed by atoms with Crippen LogP contribution in [0.4, 0.5) is 11.5 Å². The van der Waals surface area contributed by atoms with E-state index in [2.05, 4.69) is 20.3 Å². The predicted molar refractivity (Wildman–Crippen MR) is 81.3 cm³/mol. The lowest BCUT2D eigenvalue weighted by Crippen LogP contribution is -2.23. The normalized spacial score (nSPS) is 15.6. The van der Waals surface area contributed by atoms with Gasteiger partial charge in [-0.3, -0.25) is 4.98 Å². The quantitative estimate of drug-likeness (QED) is 0.898. The second-order valence-corrected chi connectivity index (χ2v) is 5.21. The molecular formula is C15H19N5O. The van der Waals surface area contributed by atoms with Gasteiger partial charge in [-0.15, -0.1) is 0 Å². The first-order valence-electron chi connectivity index (χ1n) is 7.28. The Balaban J connectivity index is 1.75. The Kier molecular flexibility index (Phi) is 4.14. The maximum atomic E-state index is 6.12. The fourth-order valence-electron chi connectivity index (χ4n) is 2.54.